The van der Waals surface area contributed by atoms with Crippen LogP contribution in [0.3, 0.4) is 0 Å². The van der Waals surface area contributed by atoms with Crippen LogP contribution in [0.15, 0.2) is 12.1 Å². The Morgan fingerprint density at radius 1 is 0.583 bits per heavy atom. The molecule has 0 saturated heterocycles. The first-order valence-electron chi connectivity index (χ1n) is 13.0. The predicted octanol–water partition coefficient (Wildman–Crippen LogP) is 8.94. The zero-order valence-corrected chi connectivity index (χ0v) is 25.8. The predicted molar refractivity (Wildman–Crippen MR) is 157 cm³/mol. The highest BCUT2D eigenvalue weighted by atomic mass is 32.1. The van der Waals surface area contributed by atoms with Crippen LogP contribution in [-0.2, 0) is 21.7 Å². The van der Waals surface area contributed by atoms with E-state index in [0.29, 0.717) is 0 Å². The third kappa shape index (κ3) is 4.71. The van der Waals surface area contributed by atoms with Crippen molar-refractivity contribution < 1.29 is 0 Å². The molecule has 0 aliphatic heterocycles. The Morgan fingerprint density at radius 2 is 1.03 bits per heavy atom. The second-order valence-corrected chi connectivity index (χ2v) is 15.4. The summed E-state index contributed by atoms with van der Waals surface area (Å²) in [6.07, 6.45) is 2.11. The van der Waals surface area contributed by atoms with E-state index in [2.05, 4.69) is 114 Å². The highest BCUT2D eigenvalue weighted by Crippen LogP contribution is 2.45. The molecule has 0 atom stereocenters. The molecule has 0 saturated carbocycles. The van der Waals surface area contributed by atoms with E-state index in [1.54, 1.807) is 11.5 Å². The summed E-state index contributed by atoms with van der Waals surface area (Å²) in [4.78, 5) is 0. The highest BCUT2D eigenvalue weighted by molar-refractivity contribution is 7.13. The van der Waals surface area contributed by atoms with Crippen LogP contribution in [-0.4, -0.2) is 19.2 Å². The number of aryl methyl sites for hydroxylation is 2. The molecule has 2 aromatic carbocycles. The van der Waals surface area contributed by atoms with E-state index in [4.69, 9.17) is 0 Å². The van der Waals surface area contributed by atoms with Gasteiger partial charge in [-0.1, -0.05) is 90.3 Å². The Labute approximate surface area is 225 Å². The fourth-order valence-corrected chi connectivity index (χ4v) is 7.80. The third-order valence-corrected chi connectivity index (χ3v) is 9.29. The smallest absolute Gasteiger partial charge is 0.110 e. The minimum absolute atomic E-state index is 0.00918. The molecule has 4 aromatic rings. The quantitative estimate of drug-likeness (QED) is 0.262. The van der Waals surface area contributed by atoms with Crippen LogP contribution >= 0.6 is 23.1 Å². The minimum Gasteiger partial charge on any atom is -0.138 e. The van der Waals surface area contributed by atoms with Crippen molar-refractivity contribution in [1.82, 2.24) is 19.2 Å². The maximum atomic E-state index is 4.63. The zero-order chi connectivity index (χ0) is 26.8. The lowest BCUT2D eigenvalue weighted by atomic mass is 9.70. The van der Waals surface area contributed by atoms with Gasteiger partial charge in [0.05, 0.1) is 9.40 Å². The van der Waals surface area contributed by atoms with E-state index < -0.39 is 0 Å². The molecule has 6 heteroatoms. The van der Waals surface area contributed by atoms with Gasteiger partial charge in [-0.2, -0.15) is 0 Å². The second-order valence-electron chi connectivity index (χ2n) is 13.9. The van der Waals surface area contributed by atoms with Crippen LogP contribution in [0, 0.1) is 13.8 Å². The van der Waals surface area contributed by atoms with Gasteiger partial charge in [0.2, 0.25) is 0 Å². The van der Waals surface area contributed by atoms with Gasteiger partial charge in [-0.25, -0.2) is 0 Å². The molecular formula is C30H42N4S2. The summed E-state index contributed by atoms with van der Waals surface area (Å²) in [6.45, 7) is 27.6. The molecule has 4 rings (SSSR count). The molecule has 2 aromatic heterocycles. The fourth-order valence-electron chi connectivity index (χ4n) is 5.93. The molecule has 194 valence electrons. The average molecular weight is 523 g/mol. The lowest BCUT2D eigenvalue weighted by Gasteiger charge is -2.34. The van der Waals surface area contributed by atoms with Crippen molar-refractivity contribution in [3.05, 3.63) is 45.5 Å². The maximum Gasteiger partial charge on any atom is 0.110 e. The number of hydrogen-bond acceptors (Lipinski definition) is 6. The normalized spacial score (nSPS) is 13.8. The van der Waals surface area contributed by atoms with E-state index in [0.717, 1.165) is 23.9 Å². The van der Waals surface area contributed by atoms with Gasteiger partial charge in [0.25, 0.3) is 0 Å². The SMILES string of the molecule is Cc1cc(C(C)(C)CCC(C)(C)c2cc(C)c(C(C)(C)C)c3snnc23)c2snnc2c1C(C)(C)C. The monoisotopic (exact) mass is 522 g/mol. The molecule has 0 aliphatic rings. The molecule has 0 radical (unpaired) electrons. The number of fused-ring (bicyclic) bond motifs is 2. The van der Waals surface area contributed by atoms with Crippen molar-refractivity contribution in [3.8, 4) is 0 Å². The first-order valence-corrected chi connectivity index (χ1v) is 14.5. The summed E-state index contributed by atoms with van der Waals surface area (Å²) in [7, 11) is 0. The topological polar surface area (TPSA) is 51.6 Å². The number of rotatable bonds is 5. The highest BCUT2D eigenvalue weighted by Gasteiger charge is 2.34. The molecule has 0 aliphatic carbocycles. The van der Waals surface area contributed by atoms with Crippen LogP contribution < -0.4 is 0 Å². The van der Waals surface area contributed by atoms with Gasteiger partial charge >= 0.3 is 0 Å². The Morgan fingerprint density at radius 3 is 1.58 bits per heavy atom. The Bertz CT molecular complexity index is 1320. The van der Waals surface area contributed by atoms with E-state index >= 15 is 0 Å². The lowest BCUT2D eigenvalue weighted by Crippen LogP contribution is -2.26. The summed E-state index contributed by atoms with van der Waals surface area (Å²) >= 11 is 3.08. The summed E-state index contributed by atoms with van der Waals surface area (Å²) in [6, 6.07) is 4.78. The van der Waals surface area contributed by atoms with Gasteiger partial charge in [-0.3, -0.25) is 0 Å². The van der Waals surface area contributed by atoms with E-state index in [-0.39, 0.29) is 21.7 Å². The van der Waals surface area contributed by atoms with Crippen LogP contribution in [0.1, 0.15) is 115 Å². The third-order valence-electron chi connectivity index (χ3n) is 7.78. The minimum atomic E-state index is -0.0299. The van der Waals surface area contributed by atoms with E-state index in [1.807, 2.05) is 0 Å². The van der Waals surface area contributed by atoms with Crippen molar-refractivity contribution in [2.45, 2.75) is 118 Å². The molecule has 2 heterocycles. The summed E-state index contributed by atoms with van der Waals surface area (Å²) in [5.74, 6) is 0. The van der Waals surface area contributed by atoms with Gasteiger partial charge in [0.1, 0.15) is 11.0 Å². The molecule has 0 fully saturated rings. The average Bonchev–Trinajstić information content (AvgIpc) is 3.38. The summed E-state index contributed by atoms with van der Waals surface area (Å²) in [5.41, 5.74) is 10.3. The van der Waals surface area contributed by atoms with Gasteiger partial charge < -0.3 is 0 Å². The van der Waals surface area contributed by atoms with Gasteiger partial charge in [-0.05, 0) is 105 Å². The van der Waals surface area contributed by atoms with Gasteiger partial charge in [0, 0.05) is 0 Å². The molecule has 4 nitrogen and oxygen atoms in total. The van der Waals surface area contributed by atoms with Crippen LogP contribution in [0.2, 0.25) is 0 Å². The molecule has 36 heavy (non-hydrogen) atoms. The van der Waals surface area contributed by atoms with Gasteiger partial charge in [0.15, 0.2) is 0 Å². The van der Waals surface area contributed by atoms with Crippen molar-refractivity contribution in [3.63, 3.8) is 0 Å². The molecule has 0 unspecified atom stereocenters. The summed E-state index contributed by atoms with van der Waals surface area (Å²) in [5, 5.41) is 9.23. The number of hydrogen-bond donors (Lipinski definition) is 0. The molecule has 0 N–H and O–H groups in total. The van der Waals surface area contributed by atoms with Crippen LogP contribution in [0.4, 0.5) is 0 Å². The molecule has 0 bridgehead atoms. The van der Waals surface area contributed by atoms with E-state index in [9.17, 15) is 0 Å². The first kappa shape index (κ1) is 27.1. The Hall–Kier alpha value is -1.92. The van der Waals surface area contributed by atoms with Gasteiger partial charge in [-0.15, -0.1) is 10.2 Å². The van der Waals surface area contributed by atoms with E-state index in [1.165, 1.54) is 54.3 Å². The maximum absolute atomic E-state index is 4.63. The molecule has 0 spiro atoms. The second kappa shape index (κ2) is 8.83. The number of nitrogens with zero attached hydrogens (tertiary/aromatic N) is 4. The van der Waals surface area contributed by atoms with Crippen LogP contribution in [0.5, 0.6) is 0 Å². The fraction of sp³-hybridized carbons (Fsp3) is 0.600. The molecule has 0 amide bonds. The molecular weight excluding hydrogens is 480 g/mol. The first-order chi connectivity index (χ1) is 16.4. The van der Waals surface area contributed by atoms with Crippen molar-refractivity contribution >= 4 is 43.5 Å². The Balaban J connectivity index is 1.72. The van der Waals surface area contributed by atoms with Crippen molar-refractivity contribution in [1.29, 1.82) is 0 Å². The van der Waals surface area contributed by atoms with Crippen molar-refractivity contribution in [2.24, 2.45) is 0 Å². The van der Waals surface area contributed by atoms with Crippen LogP contribution in [0.25, 0.3) is 20.4 Å². The largest absolute Gasteiger partial charge is 0.138 e. The summed E-state index contributed by atoms with van der Waals surface area (Å²) < 4.78 is 11.3. The number of aromatic nitrogens is 4. The standard InChI is InChI=1S/C30H42N4S2/c1-17-16-20(25-24(32-34-35-25)21(17)27(3,4)5)30(11,12)14-13-29(9,10)19-15-18(2)22(28(6,7)8)26-23(19)31-33-36-26/h15-16H,13-14H2,1-12H3. The lowest BCUT2D eigenvalue weighted by molar-refractivity contribution is 0.377. The van der Waals surface area contributed by atoms with Crippen molar-refractivity contribution in [2.75, 3.05) is 0 Å². The number of benzene rings is 2. The zero-order valence-electron chi connectivity index (χ0n) is 24.2. The Kier molecular flexibility index (Phi) is 6.66.